The third-order valence-electron chi connectivity index (χ3n) is 8.63. The van der Waals surface area contributed by atoms with Crippen LogP contribution >= 0.6 is 0 Å². The number of phenolic OH excluding ortho intramolecular Hbond substituents is 1. The van der Waals surface area contributed by atoms with Gasteiger partial charge >= 0.3 is 0 Å². The van der Waals surface area contributed by atoms with Gasteiger partial charge in [0, 0.05) is 33.6 Å². The molecular formula is C34H25N3O6. The molecule has 0 aromatic heterocycles. The number of amides is 1. The lowest BCUT2D eigenvalue weighted by molar-refractivity contribution is 0.0975. The maximum Gasteiger partial charge on any atom is 0.255 e. The van der Waals surface area contributed by atoms with Crippen LogP contribution in [0, 0.1) is 29.6 Å². The van der Waals surface area contributed by atoms with Crippen molar-refractivity contribution >= 4 is 34.5 Å². The van der Waals surface area contributed by atoms with E-state index in [1.165, 1.54) is 30.3 Å². The summed E-state index contributed by atoms with van der Waals surface area (Å²) in [6.07, 6.45) is 1.79. The number of nitrogens with one attached hydrogen (secondary N) is 2. The van der Waals surface area contributed by atoms with Gasteiger partial charge in [0.15, 0.2) is 23.3 Å². The van der Waals surface area contributed by atoms with Crippen LogP contribution in [0.25, 0.3) is 0 Å². The van der Waals surface area contributed by atoms with Crippen molar-refractivity contribution in [2.75, 3.05) is 16.4 Å². The maximum atomic E-state index is 14.1. The van der Waals surface area contributed by atoms with E-state index < -0.39 is 46.6 Å². The number of carbonyl (C=O) groups is 3. The van der Waals surface area contributed by atoms with E-state index in [-0.39, 0.29) is 33.9 Å². The fourth-order valence-electron chi connectivity index (χ4n) is 6.60. The van der Waals surface area contributed by atoms with Gasteiger partial charge in [-0.15, -0.1) is 0 Å². The first-order valence-corrected chi connectivity index (χ1v) is 13.7. The molecule has 43 heavy (non-hydrogen) atoms. The summed E-state index contributed by atoms with van der Waals surface area (Å²) in [4.78, 5) is 40.8. The van der Waals surface area contributed by atoms with Gasteiger partial charge in [0.2, 0.25) is 0 Å². The van der Waals surface area contributed by atoms with Crippen LogP contribution in [-0.2, 0) is 10.3 Å². The average molecular weight is 572 g/mol. The van der Waals surface area contributed by atoms with Crippen LogP contribution in [0.1, 0.15) is 61.6 Å². The number of aliphatic hydroxyl groups is 1. The smallest absolute Gasteiger partial charge is 0.255 e. The summed E-state index contributed by atoms with van der Waals surface area (Å²) in [6, 6.07) is 11.5. The van der Waals surface area contributed by atoms with Crippen molar-refractivity contribution in [2.45, 2.75) is 37.2 Å². The largest absolute Gasteiger partial charge is 0.507 e. The second-order valence-electron chi connectivity index (χ2n) is 11.2. The summed E-state index contributed by atoms with van der Waals surface area (Å²) in [7, 11) is 0. The number of allylic oxidation sites excluding steroid dienone is 2. The zero-order valence-electron chi connectivity index (χ0n) is 23.1. The first-order valence-electron chi connectivity index (χ1n) is 13.7. The normalized spacial score (nSPS) is 26.1. The Hall–Kier alpha value is -5.35. The van der Waals surface area contributed by atoms with Gasteiger partial charge in [-0.2, -0.15) is 0 Å². The van der Waals surface area contributed by atoms with Crippen LogP contribution in [0.5, 0.6) is 5.75 Å². The zero-order chi connectivity index (χ0) is 30.3. The van der Waals surface area contributed by atoms with Crippen LogP contribution in [0.4, 0.5) is 17.1 Å². The second-order valence-corrected chi connectivity index (χ2v) is 11.2. The number of nitrogen functional groups attached to an aromatic ring is 1. The predicted molar refractivity (Wildman–Crippen MR) is 159 cm³/mol. The molecule has 0 spiro atoms. The highest BCUT2D eigenvalue weighted by atomic mass is 16.6. The molecule has 7 rings (SSSR count). The summed E-state index contributed by atoms with van der Waals surface area (Å²) in [6.45, 7) is 3.88. The lowest BCUT2D eigenvalue weighted by atomic mass is 9.67. The third-order valence-corrected chi connectivity index (χ3v) is 8.63. The van der Waals surface area contributed by atoms with Crippen LogP contribution in [0.15, 0.2) is 60.7 Å². The molecule has 2 bridgehead atoms. The van der Waals surface area contributed by atoms with Gasteiger partial charge in [0.25, 0.3) is 5.91 Å². The lowest BCUT2D eigenvalue weighted by Gasteiger charge is -2.38. The molecule has 3 aromatic rings. The van der Waals surface area contributed by atoms with E-state index in [4.69, 9.17) is 10.5 Å². The van der Waals surface area contributed by atoms with Crippen molar-refractivity contribution in [2.24, 2.45) is 5.92 Å². The molecule has 1 amide bonds. The van der Waals surface area contributed by atoms with Gasteiger partial charge in [-0.05, 0) is 66.6 Å². The summed E-state index contributed by atoms with van der Waals surface area (Å²) in [5.41, 5.74) is 5.00. The highest BCUT2D eigenvalue weighted by molar-refractivity contribution is 6.31. The van der Waals surface area contributed by atoms with Crippen LogP contribution in [0.2, 0.25) is 0 Å². The minimum atomic E-state index is -1.40. The fourth-order valence-corrected chi connectivity index (χ4v) is 6.60. The van der Waals surface area contributed by atoms with E-state index >= 15 is 0 Å². The number of benzene rings is 3. The Kier molecular flexibility index (Phi) is 5.60. The zero-order valence-corrected chi connectivity index (χ0v) is 23.1. The summed E-state index contributed by atoms with van der Waals surface area (Å²) in [5, 5.41) is 28.7. The number of hydrogen-bond acceptors (Lipinski definition) is 8. The maximum absolute atomic E-state index is 14.1. The molecule has 2 aliphatic heterocycles. The third kappa shape index (κ3) is 3.53. The number of fused-ring (bicyclic) bond motifs is 4. The second kappa shape index (κ2) is 9.07. The Morgan fingerprint density at radius 3 is 2.42 bits per heavy atom. The molecule has 2 heterocycles. The number of carbonyl (C=O) groups excluding carboxylic acids is 3. The average Bonchev–Trinajstić information content (AvgIpc) is 3.71. The van der Waals surface area contributed by atoms with E-state index in [9.17, 15) is 24.6 Å². The minimum Gasteiger partial charge on any atom is -0.507 e. The molecule has 0 radical (unpaired) electrons. The van der Waals surface area contributed by atoms with Gasteiger partial charge in [-0.1, -0.05) is 37.5 Å². The number of ether oxygens (including phenoxy) is 1. The summed E-state index contributed by atoms with van der Waals surface area (Å²) in [5.74, 6) is 9.59. The molecule has 9 nitrogen and oxygen atoms in total. The first kappa shape index (κ1) is 26.5. The lowest BCUT2D eigenvalue weighted by Crippen LogP contribution is -2.52. The summed E-state index contributed by atoms with van der Waals surface area (Å²) < 4.78 is 6.42. The minimum absolute atomic E-state index is 0.0297. The van der Waals surface area contributed by atoms with Crippen molar-refractivity contribution in [1.29, 1.82) is 0 Å². The molecular weight excluding hydrogens is 546 g/mol. The summed E-state index contributed by atoms with van der Waals surface area (Å²) >= 11 is 0. The van der Waals surface area contributed by atoms with E-state index in [1.54, 1.807) is 30.3 Å². The molecule has 6 N–H and O–H groups in total. The molecule has 1 saturated heterocycles. The van der Waals surface area contributed by atoms with Gasteiger partial charge in [-0.3, -0.25) is 14.4 Å². The van der Waals surface area contributed by atoms with Crippen molar-refractivity contribution in [3.05, 3.63) is 94.1 Å². The Morgan fingerprint density at radius 2 is 1.70 bits per heavy atom. The highest BCUT2D eigenvalue weighted by Gasteiger charge is 2.81. The number of ketones is 2. The Balaban J connectivity index is 1.35. The number of hydrogen-bond donors (Lipinski definition) is 5. The van der Waals surface area contributed by atoms with Gasteiger partial charge in [0.1, 0.15) is 17.4 Å². The molecule has 1 fully saturated rings. The van der Waals surface area contributed by atoms with E-state index in [1.807, 2.05) is 13.8 Å². The van der Waals surface area contributed by atoms with Crippen molar-refractivity contribution < 1.29 is 29.3 Å². The van der Waals surface area contributed by atoms with Gasteiger partial charge < -0.3 is 31.3 Å². The quantitative estimate of drug-likeness (QED) is 0.109. The SMILES string of the molecule is CC(C)[C@@]12O[C@]13c1cc(O)c4c(c1N[C@H]2C#C/C=C\C#C[C@H]3O)C(=O)c1ccc(NC(=O)c2ccc(N)cc2)cc1C4=O. The Bertz CT molecular complexity index is 1960. The van der Waals surface area contributed by atoms with Gasteiger partial charge in [0.05, 0.1) is 16.8 Å². The van der Waals surface area contributed by atoms with E-state index in [2.05, 4.69) is 34.3 Å². The molecule has 9 heteroatoms. The molecule has 0 unspecified atom stereocenters. The number of rotatable bonds is 3. The molecule has 4 aliphatic rings. The standard InChI is InChI=1S/C34H25N3O6/c1-17(2)33-25-7-5-3-4-6-8-26(39)34(33,43-33)23-16-24(38)27-28(29(23)37-25)30(40)21-14-13-20(15-22(21)31(27)41)36-32(42)18-9-11-19(35)12-10-18/h3-4,9-17,25-26,37-39H,35H2,1-2H3,(H,36,42)/b4-3-/t25-,26+,33-,34-/m0/s1. The molecule has 4 atom stereocenters. The van der Waals surface area contributed by atoms with Crippen molar-refractivity contribution in [1.82, 2.24) is 0 Å². The van der Waals surface area contributed by atoms with E-state index in [0.29, 0.717) is 22.5 Å². The monoisotopic (exact) mass is 571 g/mol. The fraction of sp³-hybridized carbons (Fsp3) is 0.206. The van der Waals surface area contributed by atoms with Gasteiger partial charge in [-0.25, -0.2) is 0 Å². The number of phenols is 1. The number of aliphatic hydroxyl groups excluding tert-OH is 1. The Labute approximate surface area is 246 Å². The van der Waals surface area contributed by atoms with E-state index in [0.717, 1.165) is 0 Å². The number of anilines is 3. The highest BCUT2D eigenvalue weighted by Crippen LogP contribution is 2.68. The first-order chi connectivity index (χ1) is 20.6. The van der Waals surface area contributed by atoms with Crippen molar-refractivity contribution in [3.63, 3.8) is 0 Å². The Morgan fingerprint density at radius 1 is 1.00 bits per heavy atom. The van der Waals surface area contributed by atoms with Crippen molar-refractivity contribution in [3.8, 4) is 29.4 Å². The predicted octanol–water partition coefficient (Wildman–Crippen LogP) is 3.35. The number of epoxide rings is 1. The van der Waals surface area contributed by atoms with Crippen LogP contribution in [-0.4, -0.2) is 45.4 Å². The van der Waals surface area contributed by atoms with Crippen LogP contribution in [0.3, 0.4) is 0 Å². The van der Waals surface area contributed by atoms with Crippen LogP contribution < -0.4 is 16.4 Å². The molecule has 0 saturated carbocycles. The molecule has 2 aliphatic carbocycles. The number of nitrogens with two attached hydrogens (primary N) is 1. The molecule has 3 aromatic carbocycles. The number of aromatic hydroxyl groups is 1. The topological polar surface area (TPSA) is 154 Å². The molecule has 212 valence electrons.